The van der Waals surface area contributed by atoms with Crippen LogP contribution >= 0.6 is 0 Å². The van der Waals surface area contributed by atoms with Crippen LogP contribution in [-0.2, 0) is 16.0 Å². The Kier molecular flexibility index (Phi) is 4.30. The largest absolute Gasteiger partial charge is 0.465 e. The highest BCUT2D eigenvalue weighted by molar-refractivity contribution is 5.96. The van der Waals surface area contributed by atoms with Gasteiger partial charge in [0.05, 0.1) is 24.5 Å². The van der Waals surface area contributed by atoms with E-state index in [1.807, 2.05) is 22.8 Å². The monoisotopic (exact) mass is 353 g/mol. The van der Waals surface area contributed by atoms with Crippen molar-refractivity contribution in [3.63, 3.8) is 0 Å². The second-order valence-electron chi connectivity index (χ2n) is 6.31. The average molecular weight is 353 g/mol. The number of hydrogen-bond donors (Lipinski definition) is 0. The van der Waals surface area contributed by atoms with Crippen molar-refractivity contribution in [3.8, 4) is 16.9 Å². The molecule has 1 unspecified atom stereocenters. The summed E-state index contributed by atoms with van der Waals surface area (Å²) in [5.41, 5.74) is 1.38. The fourth-order valence-corrected chi connectivity index (χ4v) is 3.29. The average Bonchev–Trinajstić information content (AvgIpc) is 3.30. The maximum Gasteiger partial charge on any atom is 0.341 e. The molecule has 1 aromatic carbocycles. The molecule has 1 fully saturated rings. The van der Waals surface area contributed by atoms with Crippen molar-refractivity contribution in [1.82, 2.24) is 14.3 Å². The van der Waals surface area contributed by atoms with E-state index in [-0.39, 0.29) is 17.2 Å². The van der Waals surface area contributed by atoms with E-state index in [1.165, 1.54) is 11.8 Å². The lowest BCUT2D eigenvalue weighted by molar-refractivity contribution is 0.0598. The van der Waals surface area contributed by atoms with Crippen molar-refractivity contribution in [2.24, 2.45) is 0 Å². The summed E-state index contributed by atoms with van der Waals surface area (Å²) >= 11 is 0. The number of para-hydroxylation sites is 1. The molecule has 0 N–H and O–H groups in total. The summed E-state index contributed by atoms with van der Waals surface area (Å²) < 4.78 is 13.7. The van der Waals surface area contributed by atoms with E-state index < -0.39 is 5.97 Å². The van der Waals surface area contributed by atoms with E-state index in [0.717, 1.165) is 19.4 Å². The molecule has 0 amide bonds. The van der Waals surface area contributed by atoms with Gasteiger partial charge in [0, 0.05) is 25.5 Å². The summed E-state index contributed by atoms with van der Waals surface area (Å²) in [4.78, 5) is 25.1. The van der Waals surface area contributed by atoms with E-state index in [2.05, 4.69) is 5.10 Å². The second kappa shape index (κ2) is 6.76. The van der Waals surface area contributed by atoms with Crippen LogP contribution in [0, 0.1) is 0 Å². The molecule has 0 aliphatic carbocycles. The summed E-state index contributed by atoms with van der Waals surface area (Å²) in [6.45, 7) is 1.33. The van der Waals surface area contributed by atoms with Gasteiger partial charge >= 0.3 is 5.97 Å². The van der Waals surface area contributed by atoms with Crippen LogP contribution in [0.3, 0.4) is 0 Å². The van der Waals surface area contributed by atoms with Gasteiger partial charge in [-0.05, 0) is 25.0 Å². The number of carbonyl (C=O) groups is 1. The summed E-state index contributed by atoms with van der Waals surface area (Å²) in [5, 5.41) is 4.38. The smallest absolute Gasteiger partial charge is 0.341 e. The van der Waals surface area contributed by atoms with E-state index in [0.29, 0.717) is 23.5 Å². The van der Waals surface area contributed by atoms with E-state index in [1.54, 1.807) is 24.5 Å². The third-order valence-electron chi connectivity index (χ3n) is 4.57. The Morgan fingerprint density at radius 3 is 2.81 bits per heavy atom. The predicted octanol–water partition coefficient (Wildman–Crippen LogP) is 2.10. The summed E-state index contributed by atoms with van der Waals surface area (Å²) in [7, 11) is 1.32. The molecule has 134 valence electrons. The molecule has 0 aromatic heterocycles. The summed E-state index contributed by atoms with van der Waals surface area (Å²) in [5.74, 6) is -0.519. The van der Waals surface area contributed by atoms with Gasteiger partial charge in [-0.3, -0.25) is 4.79 Å². The Morgan fingerprint density at radius 1 is 1.31 bits per heavy atom. The Morgan fingerprint density at radius 2 is 2.12 bits per heavy atom. The van der Waals surface area contributed by atoms with E-state index in [9.17, 15) is 9.59 Å². The number of pyridine rings is 1. The molecule has 3 aliphatic rings. The lowest BCUT2D eigenvalue weighted by Gasteiger charge is -2.15. The van der Waals surface area contributed by atoms with Crippen molar-refractivity contribution in [2.45, 2.75) is 25.5 Å². The number of benzene rings is 1. The molecule has 1 atom stereocenters. The quantitative estimate of drug-likeness (QED) is 0.672. The number of esters is 1. The van der Waals surface area contributed by atoms with Gasteiger partial charge in [0.15, 0.2) is 0 Å². The van der Waals surface area contributed by atoms with Gasteiger partial charge in [0.25, 0.3) is 5.56 Å². The minimum absolute atomic E-state index is 0.0854. The molecule has 3 heterocycles. The number of fused-ring (bicyclic) bond motifs is 1. The molecule has 7 heteroatoms. The van der Waals surface area contributed by atoms with Gasteiger partial charge in [-0.2, -0.15) is 9.78 Å². The molecule has 7 nitrogen and oxygen atoms in total. The highest BCUT2D eigenvalue weighted by Crippen LogP contribution is 2.24. The zero-order valence-corrected chi connectivity index (χ0v) is 14.4. The van der Waals surface area contributed by atoms with Gasteiger partial charge in [0.1, 0.15) is 11.3 Å². The summed E-state index contributed by atoms with van der Waals surface area (Å²) in [6, 6.07) is 9.13. The molecule has 26 heavy (non-hydrogen) atoms. The predicted molar refractivity (Wildman–Crippen MR) is 94.8 cm³/mol. The van der Waals surface area contributed by atoms with Crippen LogP contribution in [-0.4, -0.2) is 40.1 Å². The molecular formula is C19H19N3O4. The van der Waals surface area contributed by atoms with Crippen molar-refractivity contribution in [1.29, 1.82) is 0 Å². The lowest BCUT2D eigenvalue weighted by atomic mass is 10.1. The van der Waals surface area contributed by atoms with Crippen molar-refractivity contribution in [2.75, 3.05) is 13.7 Å². The van der Waals surface area contributed by atoms with Gasteiger partial charge in [-0.1, -0.05) is 18.2 Å². The first-order valence-electron chi connectivity index (χ1n) is 8.55. The van der Waals surface area contributed by atoms with Gasteiger partial charge in [-0.25, -0.2) is 4.79 Å². The molecule has 1 aromatic rings. The molecule has 0 bridgehead atoms. The van der Waals surface area contributed by atoms with E-state index in [4.69, 9.17) is 9.47 Å². The van der Waals surface area contributed by atoms with Crippen LogP contribution < -0.4 is 5.56 Å². The topological polar surface area (TPSA) is 75.3 Å². The first-order chi connectivity index (χ1) is 12.7. The molecule has 0 radical (unpaired) electrons. The second-order valence-corrected chi connectivity index (χ2v) is 6.31. The molecule has 0 spiro atoms. The molecule has 3 aliphatic heterocycles. The Balaban J connectivity index is 1.86. The first-order valence-corrected chi connectivity index (χ1v) is 8.55. The summed E-state index contributed by atoms with van der Waals surface area (Å²) in [6.07, 6.45) is 5.49. The van der Waals surface area contributed by atoms with Crippen molar-refractivity contribution >= 4 is 5.97 Å². The third kappa shape index (κ3) is 2.90. The van der Waals surface area contributed by atoms with Crippen molar-refractivity contribution in [3.05, 3.63) is 58.6 Å². The van der Waals surface area contributed by atoms with Crippen LogP contribution in [0.5, 0.6) is 0 Å². The number of carbonyl (C=O) groups excluding carboxylic acids is 1. The van der Waals surface area contributed by atoms with Crippen molar-refractivity contribution < 1.29 is 14.3 Å². The number of methoxy groups -OCH3 is 1. The van der Waals surface area contributed by atoms with Crippen LogP contribution in [0.2, 0.25) is 0 Å². The maximum absolute atomic E-state index is 12.9. The normalized spacial score (nSPS) is 16.9. The lowest BCUT2D eigenvalue weighted by Crippen LogP contribution is -2.19. The van der Waals surface area contributed by atoms with Crippen LogP contribution in [0.25, 0.3) is 16.9 Å². The van der Waals surface area contributed by atoms with Crippen LogP contribution in [0.4, 0.5) is 0 Å². The maximum atomic E-state index is 12.9. The Bertz CT molecular complexity index is 955. The standard InChI is InChI=1S/C19H19N3O4/c1-25-19(24)16-12-21(10-14-8-5-9-26-14)11-15-17(16)20-22(18(15)23)13-6-3-2-4-7-13/h2-4,6-7,11-12,14H,5,8-10H2,1H3. The van der Waals surface area contributed by atoms with E-state index >= 15 is 0 Å². The highest BCUT2D eigenvalue weighted by Gasteiger charge is 2.26. The zero-order chi connectivity index (χ0) is 18.1. The minimum atomic E-state index is -0.519. The van der Waals surface area contributed by atoms with Crippen LogP contribution in [0.15, 0.2) is 47.5 Å². The first kappa shape index (κ1) is 16.5. The number of nitrogens with zero attached hydrogens (tertiary/aromatic N) is 3. The van der Waals surface area contributed by atoms with Crippen LogP contribution in [0.1, 0.15) is 23.2 Å². The fourth-order valence-electron chi connectivity index (χ4n) is 3.29. The molecule has 4 rings (SSSR count). The minimum Gasteiger partial charge on any atom is -0.465 e. The van der Waals surface area contributed by atoms with Gasteiger partial charge < -0.3 is 14.0 Å². The molecule has 0 saturated carbocycles. The zero-order valence-electron chi connectivity index (χ0n) is 14.4. The molecule has 1 saturated heterocycles. The number of ether oxygens (including phenoxy) is 2. The SMILES string of the molecule is COC(=O)c1cn(CC2CCCO2)cc2c(=O)n(-c3ccccc3)nc1-2. The number of rotatable bonds is 4. The Hall–Kier alpha value is -2.93. The fraction of sp³-hybridized carbons (Fsp3) is 0.316. The third-order valence-corrected chi connectivity index (χ3v) is 4.57. The number of hydrogen-bond acceptors (Lipinski definition) is 5. The van der Waals surface area contributed by atoms with Gasteiger partial charge in [-0.15, -0.1) is 0 Å². The molecular weight excluding hydrogens is 334 g/mol. The number of aromatic nitrogens is 3. The van der Waals surface area contributed by atoms with Gasteiger partial charge in [0.2, 0.25) is 0 Å². The highest BCUT2D eigenvalue weighted by atomic mass is 16.5. The Labute approximate surface area is 150 Å².